The Morgan fingerprint density at radius 1 is 1.31 bits per heavy atom. The van der Waals surface area contributed by atoms with Crippen LogP contribution in [0.4, 0.5) is 5.69 Å². The Labute approximate surface area is 102 Å². The van der Waals surface area contributed by atoms with E-state index in [0.29, 0.717) is 0 Å². The minimum absolute atomic E-state index is 0.00407. The van der Waals surface area contributed by atoms with Crippen LogP contribution in [0.2, 0.25) is 0 Å². The van der Waals surface area contributed by atoms with E-state index in [-0.39, 0.29) is 5.91 Å². The minimum Gasteiger partial charge on any atom is -0.475 e. The van der Waals surface area contributed by atoms with Crippen molar-refractivity contribution in [3.05, 3.63) is 22.7 Å². The number of halogens is 1. The van der Waals surface area contributed by atoms with Crippen molar-refractivity contribution in [2.45, 2.75) is 31.3 Å². The van der Waals surface area contributed by atoms with Gasteiger partial charge in [0, 0.05) is 4.47 Å². The van der Waals surface area contributed by atoms with Gasteiger partial charge in [0.15, 0.2) is 5.60 Å². The molecule has 84 valence electrons. The van der Waals surface area contributed by atoms with Crippen LogP contribution in [0.25, 0.3) is 0 Å². The summed E-state index contributed by atoms with van der Waals surface area (Å²) >= 11 is 3.41. The lowest BCUT2D eigenvalue weighted by Crippen LogP contribution is -2.48. The molecule has 3 nitrogen and oxygen atoms in total. The van der Waals surface area contributed by atoms with Gasteiger partial charge in [0.1, 0.15) is 5.75 Å². The van der Waals surface area contributed by atoms with Gasteiger partial charge in [-0.3, -0.25) is 4.79 Å². The molecule has 1 N–H and O–H groups in total. The highest BCUT2D eigenvalue weighted by Gasteiger charge is 2.46. The van der Waals surface area contributed by atoms with Crippen molar-refractivity contribution in [1.82, 2.24) is 0 Å². The van der Waals surface area contributed by atoms with Gasteiger partial charge in [0.25, 0.3) is 5.91 Å². The van der Waals surface area contributed by atoms with Crippen LogP contribution in [0.15, 0.2) is 22.7 Å². The number of amides is 1. The van der Waals surface area contributed by atoms with Gasteiger partial charge < -0.3 is 10.1 Å². The molecule has 3 rings (SSSR count). The van der Waals surface area contributed by atoms with Crippen LogP contribution in [0, 0.1) is 0 Å². The fourth-order valence-electron chi connectivity index (χ4n) is 2.47. The molecule has 1 saturated carbocycles. The Kier molecular flexibility index (Phi) is 2.21. The molecule has 1 aromatic carbocycles. The van der Waals surface area contributed by atoms with Crippen LogP contribution in [0.1, 0.15) is 25.7 Å². The van der Waals surface area contributed by atoms with Crippen molar-refractivity contribution in [2.24, 2.45) is 0 Å². The molecule has 1 spiro atoms. The summed E-state index contributed by atoms with van der Waals surface area (Å²) in [5, 5.41) is 2.95. The summed E-state index contributed by atoms with van der Waals surface area (Å²) in [6, 6.07) is 5.72. The number of anilines is 1. The van der Waals surface area contributed by atoms with E-state index in [1.165, 1.54) is 0 Å². The third-order valence-corrected chi connectivity index (χ3v) is 4.01. The maximum Gasteiger partial charge on any atom is 0.268 e. The van der Waals surface area contributed by atoms with E-state index in [2.05, 4.69) is 21.2 Å². The number of fused-ring (bicyclic) bond motifs is 1. The molecule has 1 heterocycles. The largest absolute Gasteiger partial charge is 0.475 e. The SMILES string of the molecule is O=C1Nc2c(Br)cccc2OC12CCCC2. The first kappa shape index (κ1) is 10.1. The van der Waals surface area contributed by atoms with Gasteiger partial charge in [0.05, 0.1) is 5.69 Å². The molecular weight excluding hydrogens is 270 g/mol. The Bertz CT molecular complexity index is 452. The highest BCUT2D eigenvalue weighted by Crippen LogP contribution is 2.44. The molecule has 0 bridgehead atoms. The molecule has 0 aromatic heterocycles. The summed E-state index contributed by atoms with van der Waals surface area (Å²) in [6.07, 6.45) is 3.78. The van der Waals surface area contributed by atoms with E-state index in [0.717, 1.165) is 41.6 Å². The van der Waals surface area contributed by atoms with Crippen molar-refractivity contribution >= 4 is 27.5 Å². The van der Waals surface area contributed by atoms with Crippen LogP contribution in [-0.4, -0.2) is 11.5 Å². The van der Waals surface area contributed by atoms with Crippen LogP contribution in [0.5, 0.6) is 5.75 Å². The summed E-state index contributed by atoms with van der Waals surface area (Å²) in [5.41, 5.74) is 0.151. The molecule has 1 aliphatic carbocycles. The molecular formula is C12H12BrNO2. The number of hydrogen-bond acceptors (Lipinski definition) is 2. The van der Waals surface area contributed by atoms with Gasteiger partial charge >= 0.3 is 0 Å². The molecule has 2 aliphatic rings. The zero-order chi connectivity index (χ0) is 11.2. The van der Waals surface area contributed by atoms with Gasteiger partial charge in [-0.25, -0.2) is 0 Å². The first-order valence-electron chi connectivity index (χ1n) is 5.50. The van der Waals surface area contributed by atoms with Gasteiger partial charge in [0.2, 0.25) is 0 Å². The van der Waals surface area contributed by atoms with E-state index in [9.17, 15) is 4.79 Å². The first-order chi connectivity index (χ1) is 7.71. The maximum absolute atomic E-state index is 12.1. The van der Waals surface area contributed by atoms with Gasteiger partial charge in [-0.05, 0) is 53.7 Å². The summed E-state index contributed by atoms with van der Waals surface area (Å²) < 4.78 is 6.80. The summed E-state index contributed by atoms with van der Waals surface area (Å²) in [5.74, 6) is 0.778. The van der Waals surface area contributed by atoms with E-state index in [4.69, 9.17) is 4.74 Å². The van der Waals surface area contributed by atoms with Crippen LogP contribution in [0.3, 0.4) is 0 Å². The fraction of sp³-hybridized carbons (Fsp3) is 0.417. The monoisotopic (exact) mass is 281 g/mol. The van der Waals surface area contributed by atoms with Crippen LogP contribution >= 0.6 is 15.9 Å². The lowest BCUT2D eigenvalue weighted by Gasteiger charge is -2.34. The zero-order valence-corrected chi connectivity index (χ0v) is 10.3. The van der Waals surface area contributed by atoms with Crippen LogP contribution in [-0.2, 0) is 4.79 Å². The van der Waals surface area contributed by atoms with E-state index in [1.54, 1.807) is 0 Å². The molecule has 4 heteroatoms. The number of nitrogens with one attached hydrogen (secondary N) is 1. The third-order valence-electron chi connectivity index (χ3n) is 3.34. The Morgan fingerprint density at radius 2 is 2.06 bits per heavy atom. The Hall–Kier alpha value is -1.03. The van der Waals surface area contributed by atoms with E-state index < -0.39 is 5.60 Å². The molecule has 0 radical (unpaired) electrons. The molecule has 16 heavy (non-hydrogen) atoms. The molecule has 1 fully saturated rings. The average Bonchev–Trinajstić information content (AvgIpc) is 2.71. The molecule has 1 aromatic rings. The van der Waals surface area contributed by atoms with Crippen molar-refractivity contribution < 1.29 is 9.53 Å². The molecule has 0 saturated heterocycles. The topological polar surface area (TPSA) is 38.3 Å². The minimum atomic E-state index is -0.603. The quantitative estimate of drug-likeness (QED) is 0.794. The lowest BCUT2D eigenvalue weighted by molar-refractivity contribution is -0.131. The predicted molar refractivity (Wildman–Crippen MR) is 64.6 cm³/mol. The molecule has 0 unspecified atom stereocenters. The van der Waals surface area contributed by atoms with Gasteiger partial charge in [-0.15, -0.1) is 0 Å². The van der Waals surface area contributed by atoms with Crippen LogP contribution < -0.4 is 10.1 Å². The number of para-hydroxylation sites is 1. The van der Waals surface area contributed by atoms with E-state index >= 15 is 0 Å². The van der Waals surface area contributed by atoms with E-state index in [1.807, 2.05) is 18.2 Å². The highest BCUT2D eigenvalue weighted by molar-refractivity contribution is 9.10. The maximum atomic E-state index is 12.1. The molecule has 1 aliphatic heterocycles. The zero-order valence-electron chi connectivity index (χ0n) is 8.75. The number of rotatable bonds is 0. The lowest BCUT2D eigenvalue weighted by atomic mass is 9.99. The van der Waals surface area contributed by atoms with Crippen molar-refractivity contribution in [3.63, 3.8) is 0 Å². The second-order valence-electron chi connectivity index (χ2n) is 4.37. The number of carbonyl (C=O) groups is 1. The average molecular weight is 282 g/mol. The molecule has 1 amide bonds. The Balaban J connectivity index is 2.05. The fourth-order valence-corrected chi connectivity index (χ4v) is 2.92. The number of carbonyl (C=O) groups excluding carboxylic acids is 1. The summed E-state index contributed by atoms with van der Waals surface area (Å²) in [4.78, 5) is 12.1. The number of ether oxygens (including phenoxy) is 1. The smallest absolute Gasteiger partial charge is 0.268 e. The van der Waals surface area contributed by atoms with Gasteiger partial charge in [-0.1, -0.05) is 6.07 Å². The first-order valence-corrected chi connectivity index (χ1v) is 6.30. The van der Waals surface area contributed by atoms with Crippen molar-refractivity contribution in [3.8, 4) is 5.75 Å². The second kappa shape index (κ2) is 3.48. The standard InChI is InChI=1S/C12H12BrNO2/c13-8-4-3-5-9-10(8)14-11(15)12(16-9)6-1-2-7-12/h3-5H,1-2,6-7H2,(H,14,15). The molecule has 0 atom stereocenters. The summed E-state index contributed by atoms with van der Waals surface area (Å²) in [6.45, 7) is 0. The van der Waals surface area contributed by atoms with Gasteiger partial charge in [-0.2, -0.15) is 0 Å². The summed E-state index contributed by atoms with van der Waals surface area (Å²) in [7, 11) is 0. The highest BCUT2D eigenvalue weighted by atomic mass is 79.9. The third kappa shape index (κ3) is 1.36. The Morgan fingerprint density at radius 3 is 2.81 bits per heavy atom. The van der Waals surface area contributed by atoms with Crippen molar-refractivity contribution in [1.29, 1.82) is 0 Å². The predicted octanol–water partition coefficient (Wildman–Crippen LogP) is 3.09. The number of benzene rings is 1. The second-order valence-corrected chi connectivity index (χ2v) is 5.22. The normalized spacial score (nSPS) is 21.4. The van der Waals surface area contributed by atoms with Crippen molar-refractivity contribution in [2.75, 3.05) is 5.32 Å². The number of hydrogen-bond donors (Lipinski definition) is 1.